The molecule has 0 saturated heterocycles. The van der Waals surface area contributed by atoms with Crippen LogP contribution in [0, 0.1) is 5.92 Å². The maximum Gasteiger partial charge on any atom is 0.0606 e. The third kappa shape index (κ3) is 3.26. The highest BCUT2D eigenvalue weighted by Crippen LogP contribution is 2.16. The van der Waals surface area contributed by atoms with Crippen LogP contribution in [0.1, 0.15) is 19.4 Å². The minimum atomic E-state index is 0.725. The Bertz CT molecular complexity index is 266. The zero-order chi connectivity index (χ0) is 10.6. The molecular weight excluding hydrogens is 190 g/mol. The van der Waals surface area contributed by atoms with Crippen LogP contribution in [0.25, 0.3) is 0 Å². The predicted molar refractivity (Wildman–Crippen MR) is 67.2 cm³/mol. The Hall–Kier alpha value is -0.630. The molecule has 0 spiro atoms. The van der Waals surface area contributed by atoms with Gasteiger partial charge in [-0.25, -0.2) is 0 Å². The lowest BCUT2D eigenvalue weighted by Crippen LogP contribution is -2.13. The monoisotopic (exact) mass is 209 g/mol. The zero-order valence-corrected chi connectivity index (χ0v) is 10.1. The molecule has 0 heterocycles. The first-order valence-electron chi connectivity index (χ1n) is 5.04. The van der Waals surface area contributed by atoms with Crippen molar-refractivity contribution in [1.82, 2.24) is 0 Å². The molecule has 0 radical (unpaired) electrons. The van der Waals surface area contributed by atoms with E-state index in [1.54, 1.807) is 0 Å². The molecule has 0 unspecified atom stereocenters. The molecular formula is C12H19NS. The molecule has 0 amide bonds. The van der Waals surface area contributed by atoms with Crippen LogP contribution in [-0.2, 0) is 6.42 Å². The van der Waals surface area contributed by atoms with E-state index in [1.807, 2.05) is 7.05 Å². The predicted octanol–water partition coefficient (Wildman–Crippen LogP) is 3.21. The van der Waals surface area contributed by atoms with Crippen LogP contribution in [-0.4, -0.2) is 12.9 Å². The second-order valence-electron chi connectivity index (χ2n) is 4.10. The summed E-state index contributed by atoms with van der Waals surface area (Å²) in [6, 6.07) is 8.73. The third-order valence-corrected chi connectivity index (χ3v) is 2.66. The van der Waals surface area contributed by atoms with E-state index in [4.69, 9.17) is 0 Å². The molecule has 1 aromatic rings. The number of thiol groups is 1. The first kappa shape index (κ1) is 11.4. The Kier molecular flexibility index (Phi) is 4.33. The highest BCUT2D eigenvalue weighted by molar-refractivity contribution is 7.80. The van der Waals surface area contributed by atoms with E-state index in [2.05, 4.69) is 55.6 Å². The Morgan fingerprint density at radius 1 is 1.21 bits per heavy atom. The fraction of sp³-hybridized carbons (Fsp3) is 0.500. The molecule has 1 nitrogen and oxygen atoms in total. The molecule has 0 N–H and O–H groups in total. The zero-order valence-electron chi connectivity index (χ0n) is 9.20. The lowest BCUT2D eigenvalue weighted by Gasteiger charge is -2.16. The molecule has 0 bridgehead atoms. The summed E-state index contributed by atoms with van der Waals surface area (Å²) in [5.41, 5.74) is 2.64. The second kappa shape index (κ2) is 5.30. The highest BCUT2D eigenvalue weighted by atomic mass is 32.1. The summed E-state index contributed by atoms with van der Waals surface area (Å²) in [6.45, 7) is 4.49. The number of nitrogens with zero attached hydrogens (tertiary/aromatic N) is 1. The van der Waals surface area contributed by atoms with Crippen molar-refractivity contribution >= 4 is 18.3 Å². The van der Waals surface area contributed by atoms with Gasteiger partial charge in [-0.3, -0.25) is 0 Å². The van der Waals surface area contributed by atoms with Gasteiger partial charge in [0.2, 0.25) is 0 Å². The van der Waals surface area contributed by atoms with Crippen LogP contribution in [0.2, 0.25) is 0 Å². The van der Waals surface area contributed by atoms with Gasteiger partial charge in [0.25, 0.3) is 0 Å². The van der Waals surface area contributed by atoms with E-state index in [0.717, 1.165) is 18.2 Å². The summed E-state index contributed by atoms with van der Waals surface area (Å²) in [5.74, 6) is 1.48. The van der Waals surface area contributed by atoms with Gasteiger partial charge in [-0.05, 0) is 30.0 Å². The number of rotatable bonds is 4. The first-order valence-corrected chi connectivity index (χ1v) is 5.67. The maximum absolute atomic E-state index is 4.23. The molecule has 78 valence electrons. The second-order valence-corrected chi connectivity index (χ2v) is 4.39. The van der Waals surface area contributed by atoms with Gasteiger partial charge < -0.3 is 4.90 Å². The number of anilines is 1. The van der Waals surface area contributed by atoms with E-state index < -0.39 is 0 Å². The molecule has 0 aliphatic carbocycles. The molecule has 1 rings (SSSR count). The summed E-state index contributed by atoms with van der Waals surface area (Å²) in [6.07, 6.45) is 1.16. The first-order chi connectivity index (χ1) is 6.63. The van der Waals surface area contributed by atoms with Crippen molar-refractivity contribution < 1.29 is 0 Å². The van der Waals surface area contributed by atoms with Crippen LogP contribution in [0.4, 0.5) is 5.69 Å². The van der Waals surface area contributed by atoms with E-state index in [-0.39, 0.29) is 0 Å². The van der Waals surface area contributed by atoms with Gasteiger partial charge >= 0.3 is 0 Å². The van der Waals surface area contributed by atoms with E-state index in [0.29, 0.717) is 0 Å². The van der Waals surface area contributed by atoms with Crippen LogP contribution in [0.15, 0.2) is 24.3 Å². The average Bonchev–Trinajstić information content (AvgIpc) is 2.17. The molecule has 0 aromatic heterocycles. The number of hydrogen-bond acceptors (Lipinski definition) is 2. The Labute approximate surface area is 92.5 Å². The van der Waals surface area contributed by atoms with Crippen molar-refractivity contribution in [2.45, 2.75) is 20.3 Å². The fourth-order valence-corrected chi connectivity index (χ4v) is 1.60. The van der Waals surface area contributed by atoms with E-state index in [1.165, 1.54) is 11.3 Å². The standard InChI is InChI=1S/C12H19NS/c1-10(2)8-11-4-6-12(7-5-11)13(3)9-14/h4-7,10,14H,8-9H2,1-3H3. The highest BCUT2D eigenvalue weighted by Gasteiger charge is 2.00. The van der Waals surface area contributed by atoms with Crippen LogP contribution >= 0.6 is 12.6 Å². The summed E-state index contributed by atoms with van der Waals surface area (Å²) < 4.78 is 0. The maximum atomic E-state index is 4.23. The largest absolute Gasteiger partial charge is 0.366 e. The molecule has 0 aliphatic heterocycles. The average molecular weight is 209 g/mol. The van der Waals surface area contributed by atoms with Crippen molar-refractivity contribution in [2.24, 2.45) is 5.92 Å². The Morgan fingerprint density at radius 3 is 2.21 bits per heavy atom. The normalized spacial score (nSPS) is 10.6. The molecule has 1 aromatic carbocycles. The van der Waals surface area contributed by atoms with Gasteiger partial charge in [-0.15, -0.1) is 0 Å². The molecule has 0 atom stereocenters. The van der Waals surface area contributed by atoms with Crippen molar-refractivity contribution in [2.75, 3.05) is 17.8 Å². The van der Waals surface area contributed by atoms with E-state index in [9.17, 15) is 0 Å². The van der Waals surface area contributed by atoms with Crippen LogP contribution < -0.4 is 4.90 Å². The topological polar surface area (TPSA) is 3.24 Å². The van der Waals surface area contributed by atoms with Crippen molar-refractivity contribution in [3.05, 3.63) is 29.8 Å². The number of benzene rings is 1. The van der Waals surface area contributed by atoms with Crippen molar-refractivity contribution in [3.8, 4) is 0 Å². The summed E-state index contributed by atoms with van der Waals surface area (Å²) in [5, 5.41) is 0. The van der Waals surface area contributed by atoms with Crippen molar-refractivity contribution in [3.63, 3.8) is 0 Å². The molecule has 0 fully saturated rings. The summed E-state index contributed by atoms with van der Waals surface area (Å²) in [7, 11) is 2.05. The van der Waals surface area contributed by atoms with Gasteiger partial charge in [0.1, 0.15) is 0 Å². The van der Waals surface area contributed by atoms with Crippen LogP contribution in [0.5, 0.6) is 0 Å². The van der Waals surface area contributed by atoms with Gasteiger partial charge in [-0.1, -0.05) is 26.0 Å². The smallest absolute Gasteiger partial charge is 0.0606 e. The SMILES string of the molecule is CC(C)Cc1ccc(N(C)CS)cc1. The fourth-order valence-electron chi connectivity index (χ4n) is 1.44. The van der Waals surface area contributed by atoms with Gasteiger partial charge in [-0.2, -0.15) is 12.6 Å². The number of hydrogen-bond donors (Lipinski definition) is 1. The van der Waals surface area contributed by atoms with Crippen LogP contribution in [0.3, 0.4) is 0 Å². The molecule has 14 heavy (non-hydrogen) atoms. The lowest BCUT2D eigenvalue weighted by molar-refractivity contribution is 0.647. The Morgan fingerprint density at radius 2 is 1.79 bits per heavy atom. The third-order valence-electron chi connectivity index (χ3n) is 2.23. The van der Waals surface area contributed by atoms with Gasteiger partial charge in [0.05, 0.1) is 5.88 Å². The van der Waals surface area contributed by atoms with E-state index >= 15 is 0 Å². The summed E-state index contributed by atoms with van der Waals surface area (Å²) in [4.78, 5) is 2.11. The minimum Gasteiger partial charge on any atom is -0.366 e. The van der Waals surface area contributed by atoms with Crippen molar-refractivity contribution in [1.29, 1.82) is 0 Å². The van der Waals surface area contributed by atoms with Gasteiger partial charge in [0, 0.05) is 12.7 Å². The molecule has 2 heteroatoms. The van der Waals surface area contributed by atoms with Gasteiger partial charge in [0.15, 0.2) is 0 Å². The molecule has 0 aliphatic rings. The Balaban J connectivity index is 2.68. The summed E-state index contributed by atoms with van der Waals surface area (Å²) >= 11 is 4.23. The quantitative estimate of drug-likeness (QED) is 0.588. The lowest BCUT2D eigenvalue weighted by atomic mass is 10.0. The molecule has 0 saturated carbocycles. The minimum absolute atomic E-state index is 0.725.